The van der Waals surface area contributed by atoms with Crippen molar-refractivity contribution >= 4 is 28.3 Å². The van der Waals surface area contributed by atoms with E-state index in [0.717, 1.165) is 22.9 Å². The van der Waals surface area contributed by atoms with E-state index in [1.165, 1.54) is 7.11 Å². The number of hydrogen-bond donors (Lipinski definition) is 2. The van der Waals surface area contributed by atoms with Crippen molar-refractivity contribution < 1.29 is 9.84 Å². The van der Waals surface area contributed by atoms with E-state index in [4.69, 9.17) is 10.5 Å². The Balaban J connectivity index is 0.00000128. The van der Waals surface area contributed by atoms with Crippen LogP contribution in [-0.2, 0) is 0 Å². The number of phenols is 1. The molecule has 0 heterocycles. The van der Waals surface area contributed by atoms with Crippen molar-refractivity contribution in [3.63, 3.8) is 0 Å². The standard InChI is InChI=1S/C11H14BrNO2.ClH/c1-15-8-5-4-7(12)9(11(8)14)10(13)6-2-3-6;/h4-6,10,14H,2-3,13H2,1H3;1H/t10-;/m1./s1. The molecule has 16 heavy (non-hydrogen) atoms. The van der Waals surface area contributed by atoms with Gasteiger partial charge in [-0.25, -0.2) is 0 Å². The van der Waals surface area contributed by atoms with Gasteiger partial charge in [0.2, 0.25) is 0 Å². The lowest BCUT2D eigenvalue weighted by molar-refractivity contribution is 0.367. The minimum Gasteiger partial charge on any atom is -0.504 e. The molecule has 0 saturated heterocycles. The molecule has 0 bridgehead atoms. The van der Waals surface area contributed by atoms with Gasteiger partial charge in [0.25, 0.3) is 0 Å². The maximum absolute atomic E-state index is 9.98. The highest BCUT2D eigenvalue weighted by molar-refractivity contribution is 9.10. The van der Waals surface area contributed by atoms with Gasteiger partial charge in [-0.1, -0.05) is 15.9 Å². The van der Waals surface area contributed by atoms with Gasteiger partial charge in [-0.2, -0.15) is 0 Å². The van der Waals surface area contributed by atoms with Crippen LogP contribution < -0.4 is 10.5 Å². The van der Waals surface area contributed by atoms with Crippen LogP contribution in [-0.4, -0.2) is 12.2 Å². The van der Waals surface area contributed by atoms with Crippen LogP contribution in [0, 0.1) is 5.92 Å². The second-order valence-corrected chi connectivity index (χ2v) is 4.73. The molecule has 1 saturated carbocycles. The fourth-order valence-electron chi connectivity index (χ4n) is 1.74. The van der Waals surface area contributed by atoms with Gasteiger partial charge >= 0.3 is 0 Å². The zero-order valence-electron chi connectivity index (χ0n) is 8.94. The molecule has 0 aliphatic heterocycles. The first-order valence-corrected chi connectivity index (χ1v) is 5.75. The van der Waals surface area contributed by atoms with Crippen molar-refractivity contribution in [2.24, 2.45) is 11.7 Å². The van der Waals surface area contributed by atoms with E-state index in [9.17, 15) is 5.11 Å². The summed E-state index contributed by atoms with van der Waals surface area (Å²) >= 11 is 3.41. The third kappa shape index (κ3) is 2.44. The predicted octanol–water partition coefficient (Wildman–Crippen LogP) is 2.99. The lowest BCUT2D eigenvalue weighted by atomic mass is 10.0. The number of hydrogen-bond acceptors (Lipinski definition) is 3. The third-order valence-corrected chi connectivity index (χ3v) is 3.50. The number of nitrogens with two attached hydrogens (primary N) is 1. The summed E-state index contributed by atoms with van der Waals surface area (Å²) in [6.07, 6.45) is 2.29. The van der Waals surface area contributed by atoms with Gasteiger partial charge < -0.3 is 15.6 Å². The van der Waals surface area contributed by atoms with Gasteiger partial charge in [-0.3, -0.25) is 0 Å². The molecule has 1 fully saturated rings. The molecule has 1 aliphatic carbocycles. The SMILES string of the molecule is COc1ccc(Br)c([C@H](N)C2CC2)c1O.Cl. The highest BCUT2D eigenvalue weighted by Gasteiger charge is 2.33. The molecule has 90 valence electrons. The van der Waals surface area contributed by atoms with Gasteiger partial charge in [0, 0.05) is 16.1 Å². The maximum Gasteiger partial charge on any atom is 0.163 e. The molecular formula is C11H15BrClNO2. The number of aromatic hydroxyl groups is 1. The van der Waals surface area contributed by atoms with Crippen LogP contribution in [0.15, 0.2) is 16.6 Å². The highest BCUT2D eigenvalue weighted by atomic mass is 79.9. The molecule has 3 N–H and O–H groups in total. The van der Waals surface area contributed by atoms with Crippen LogP contribution >= 0.6 is 28.3 Å². The van der Waals surface area contributed by atoms with Crippen LogP contribution in [0.25, 0.3) is 0 Å². The first-order valence-electron chi connectivity index (χ1n) is 4.96. The van der Waals surface area contributed by atoms with Gasteiger partial charge in [0.1, 0.15) is 0 Å². The first kappa shape index (κ1) is 13.6. The van der Waals surface area contributed by atoms with Crippen molar-refractivity contribution in [3.8, 4) is 11.5 Å². The molecule has 1 aromatic carbocycles. The topological polar surface area (TPSA) is 55.5 Å². The van der Waals surface area contributed by atoms with Gasteiger partial charge in [0.15, 0.2) is 11.5 Å². The predicted molar refractivity (Wildman–Crippen MR) is 69.3 cm³/mol. The average Bonchev–Trinajstić information content (AvgIpc) is 3.01. The normalized spacial score (nSPS) is 16.4. The second kappa shape index (κ2) is 5.25. The van der Waals surface area contributed by atoms with Gasteiger partial charge in [-0.05, 0) is 30.9 Å². The smallest absolute Gasteiger partial charge is 0.163 e. The quantitative estimate of drug-likeness (QED) is 0.902. The lowest BCUT2D eigenvalue weighted by Gasteiger charge is -2.16. The fourth-order valence-corrected chi connectivity index (χ4v) is 2.32. The van der Waals surface area contributed by atoms with E-state index >= 15 is 0 Å². The van der Waals surface area contributed by atoms with Crippen LogP contribution in [0.3, 0.4) is 0 Å². The number of phenolic OH excluding ortho intramolecular Hbond substituents is 1. The van der Waals surface area contributed by atoms with E-state index in [0.29, 0.717) is 11.7 Å². The monoisotopic (exact) mass is 307 g/mol. The van der Waals surface area contributed by atoms with E-state index in [1.807, 2.05) is 6.07 Å². The summed E-state index contributed by atoms with van der Waals surface area (Å²) in [4.78, 5) is 0. The Morgan fingerprint density at radius 2 is 2.12 bits per heavy atom. The molecule has 0 spiro atoms. The second-order valence-electron chi connectivity index (χ2n) is 3.88. The first-order chi connectivity index (χ1) is 7.15. The highest BCUT2D eigenvalue weighted by Crippen LogP contribution is 2.46. The summed E-state index contributed by atoms with van der Waals surface area (Å²) in [5.74, 6) is 1.13. The number of ether oxygens (including phenoxy) is 1. The zero-order valence-corrected chi connectivity index (χ0v) is 11.3. The largest absolute Gasteiger partial charge is 0.504 e. The van der Waals surface area contributed by atoms with Gasteiger partial charge in [0.05, 0.1) is 7.11 Å². The Labute approximate surface area is 110 Å². The molecule has 3 nitrogen and oxygen atoms in total. The number of benzene rings is 1. The Morgan fingerprint density at radius 1 is 1.50 bits per heavy atom. The molecule has 0 amide bonds. The minimum atomic E-state index is -0.102. The Morgan fingerprint density at radius 3 is 2.62 bits per heavy atom. The maximum atomic E-state index is 9.98. The Hall–Kier alpha value is -0.450. The molecule has 0 unspecified atom stereocenters. The Kier molecular flexibility index (Phi) is 4.47. The van der Waals surface area contributed by atoms with E-state index < -0.39 is 0 Å². The number of halogens is 2. The van der Waals surface area contributed by atoms with Crippen LogP contribution in [0.5, 0.6) is 11.5 Å². The van der Waals surface area contributed by atoms with Crippen molar-refractivity contribution in [3.05, 3.63) is 22.2 Å². The minimum absolute atomic E-state index is 0. The van der Waals surface area contributed by atoms with Crippen molar-refractivity contribution in [1.29, 1.82) is 0 Å². The summed E-state index contributed by atoms with van der Waals surface area (Å²) in [5, 5.41) is 9.98. The summed E-state index contributed by atoms with van der Waals surface area (Å²) in [5.41, 5.74) is 6.84. The Bertz CT molecular complexity index is 382. The van der Waals surface area contributed by atoms with Crippen LogP contribution in [0.2, 0.25) is 0 Å². The number of methoxy groups -OCH3 is 1. The molecule has 2 rings (SSSR count). The van der Waals surface area contributed by atoms with Crippen molar-refractivity contribution in [2.75, 3.05) is 7.11 Å². The third-order valence-electron chi connectivity index (χ3n) is 2.81. The molecule has 0 aromatic heterocycles. The molecule has 1 aromatic rings. The summed E-state index contributed by atoms with van der Waals surface area (Å²) in [6.45, 7) is 0. The molecule has 5 heteroatoms. The molecule has 1 aliphatic rings. The van der Waals surface area contributed by atoms with Gasteiger partial charge in [-0.15, -0.1) is 12.4 Å². The zero-order chi connectivity index (χ0) is 11.0. The lowest BCUT2D eigenvalue weighted by Crippen LogP contribution is -2.13. The van der Waals surface area contributed by atoms with E-state index in [-0.39, 0.29) is 24.2 Å². The molecule has 0 radical (unpaired) electrons. The number of rotatable bonds is 3. The molecular weight excluding hydrogens is 293 g/mol. The van der Waals surface area contributed by atoms with Crippen LogP contribution in [0.4, 0.5) is 0 Å². The summed E-state index contributed by atoms with van der Waals surface area (Å²) < 4.78 is 5.91. The van der Waals surface area contributed by atoms with Crippen LogP contribution in [0.1, 0.15) is 24.4 Å². The van der Waals surface area contributed by atoms with E-state index in [2.05, 4.69) is 15.9 Å². The summed E-state index contributed by atoms with van der Waals surface area (Å²) in [7, 11) is 1.54. The van der Waals surface area contributed by atoms with Crippen molar-refractivity contribution in [1.82, 2.24) is 0 Å². The summed E-state index contributed by atoms with van der Waals surface area (Å²) in [6, 6.07) is 3.48. The average molecular weight is 309 g/mol. The molecule has 1 atom stereocenters. The van der Waals surface area contributed by atoms with E-state index in [1.54, 1.807) is 6.07 Å². The fraction of sp³-hybridized carbons (Fsp3) is 0.455. The van der Waals surface area contributed by atoms with Crippen molar-refractivity contribution in [2.45, 2.75) is 18.9 Å².